The summed E-state index contributed by atoms with van der Waals surface area (Å²) in [6.45, 7) is -0.520. The van der Waals surface area contributed by atoms with Crippen LogP contribution in [0.1, 0.15) is 36.3 Å². The number of amides is 2. The van der Waals surface area contributed by atoms with Crippen molar-refractivity contribution in [1.29, 1.82) is 0 Å². The SMILES string of the molecule is C#CCN(CC(=O)O)C(=O)C(NC(=O)OCC1c2ccccc2-c2ccccc21)C1CCC1. The van der Waals surface area contributed by atoms with Gasteiger partial charge < -0.3 is 20.1 Å². The first-order valence-corrected chi connectivity index (χ1v) is 11.0. The molecule has 1 unspecified atom stereocenters. The fraction of sp³-hybridized carbons (Fsp3) is 0.346. The Bertz CT molecular complexity index is 1060. The third-order valence-electron chi connectivity index (χ3n) is 6.42. The van der Waals surface area contributed by atoms with Crippen molar-refractivity contribution < 1.29 is 24.2 Å². The lowest BCUT2D eigenvalue weighted by atomic mass is 9.79. The van der Waals surface area contributed by atoms with E-state index in [-0.39, 0.29) is 25.0 Å². The molecule has 2 aromatic carbocycles. The van der Waals surface area contributed by atoms with Crippen molar-refractivity contribution in [2.45, 2.75) is 31.2 Å². The third kappa shape index (κ3) is 4.70. The molecule has 4 rings (SSSR count). The number of terminal acetylenes is 1. The zero-order valence-electron chi connectivity index (χ0n) is 18.2. The smallest absolute Gasteiger partial charge is 0.407 e. The Hall–Kier alpha value is -3.79. The molecule has 0 radical (unpaired) electrons. The summed E-state index contributed by atoms with van der Waals surface area (Å²) in [5.74, 6) is 0.509. The highest BCUT2D eigenvalue weighted by Crippen LogP contribution is 2.44. The maximum absolute atomic E-state index is 13.0. The first kappa shape index (κ1) is 22.4. The number of aliphatic carboxylic acids is 1. The quantitative estimate of drug-likeness (QED) is 0.607. The predicted molar refractivity (Wildman–Crippen MR) is 122 cm³/mol. The number of nitrogens with zero attached hydrogens (tertiary/aromatic N) is 1. The van der Waals surface area contributed by atoms with Gasteiger partial charge in [-0.25, -0.2) is 4.79 Å². The summed E-state index contributed by atoms with van der Waals surface area (Å²) in [5, 5.41) is 11.8. The van der Waals surface area contributed by atoms with Gasteiger partial charge >= 0.3 is 12.1 Å². The lowest BCUT2D eigenvalue weighted by Crippen LogP contribution is -2.54. The number of carbonyl (C=O) groups is 3. The molecule has 2 aromatic rings. The maximum atomic E-state index is 13.0. The van der Waals surface area contributed by atoms with Gasteiger partial charge in [-0.2, -0.15) is 0 Å². The summed E-state index contributed by atoms with van der Waals surface area (Å²) < 4.78 is 5.58. The van der Waals surface area contributed by atoms with Crippen LogP contribution < -0.4 is 5.32 Å². The zero-order valence-corrected chi connectivity index (χ0v) is 18.2. The van der Waals surface area contributed by atoms with E-state index in [1.807, 2.05) is 36.4 Å². The van der Waals surface area contributed by atoms with Crippen LogP contribution in [0.5, 0.6) is 0 Å². The molecule has 1 saturated carbocycles. The Morgan fingerprint density at radius 3 is 2.21 bits per heavy atom. The number of ether oxygens (including phenoxy) is 1. The van der Waals surface area contributed by atoms with Crippen molar-refractivity contribution in [2.24, 2.45) is 5.92 Å². The van der Waals surface area contributed by atoms with Crippen LogP contribution in [0.4, 0.5) is 4.79 Å². The molecule has 1 atom stereocenters. The highest BCUT2D eigenvalue weighted by molar-refractivity contribution is 5.88. The van der Waals surface area contributed by atoms with Crippen molar-refractivity contribution in [3.63, 3.8) is 0 Å². The van der Waals surface area contributed by atoms with Gasteiger partial charge in [-0.05, 0) is 41.0 Å². The molecule has 2 aliphatic carbocycles. The number of hydrogen-bond acceptors (Lipinski definition) is 4. The number of fused-ring (bicyclic) bond motifs is 3. The molecule has 7 heteroatoms. The molecule has 2 amide bonds. The molecule has 7 nitrogen and oxygen atoms in total. The first-order valence-electron chi connectivity index (χ1n) is 11.0. The predicted octanol–water partition coefficient (Wildman–Crippen LogP) is 3.24. The molecule has 0 aromatic heterocycles. The maximum Gasteiger partial charge on any atom is 0.407 e. The second-order valence-corrected chi connectivity index (χ2v) is 8.43. The first-order chi connectivity index (χ1) is 16.0. The van der Waals surface area contributed by atoms with Gasteiger partial charge in [0.25, 0.3) is 0 Å². The van der Waals surface area contributed by atoms with Gasteiger partial charge in [0, 0.05) is 5.92 Å². The number of benzene rings is 2. The lowest BCUT2D eigenvalue weighted by molar-refractivity contribution is -0.145. The standard InChI is InChI=1S/C26H26N2O5/c1-2-14-28(15-23(29)30)25(31)24(17-8-7-9-17)27-26(32)33-16-22-20-12-5-3-10-18(20)19-11-4-6-13-21(19)22/h1,3-6,10-13,17,22,24H,7-9,14-16H2,(H,27,32)(H,29,30). The molecule has 0 spiro atoms. The van der Waals surface area contributed by atoms with Gasteiger partial charge in [0.2, 0.25) is 5.91 Å². The topological polar surface area (TPSA) is 95.9 Å². The molecule has 0 bridgehead atoms. The van der Waals surface area contributed by atoms with Crippen LogP contribution >= 0.6 is 0 Å². The van der Waals surface area contributed by atoms with Crippen molar-refractivity contribution in [3.8, 4) is 23.5 Å². The number of nitrogens with one attached hydrogen (secondary N) is 1. The average Bonchev–Trinajstić information content (AvgIpc) is 3.09. The van der Waals surface area contributed by atoms with Gasteiger partial charge in [-0.15, -0.1) is 6.42 Å². The van der Waals surface area contributed by atoms with E-state index >= 15 is 0 Å². The van der Waals surface area contributed by atoms with Gasteiger partial charge in [0.15, 0.2) is 0 Å². The van der Waals surface area contributed by atoms with E-state index in [4.69, 9.17) is 16.3 Å². The molecule has 1 fully saturated rings. The number of alkyl carbamates (subject to hydrolysis) is 1. The van der Waals surface area contributed by atoms with Crippen LogP contribution in [0.3, 0.4) is 0 Å². The monoisotopic (exact) mass is 446 g/mol. The Labute approximate surface area is 192 Å². The minimum absolute atomic E-state index is 0.0629. The summed E-state index contributed by atoms with van der Waals surface area (Å²) in [4.78, 5) is 38.0. The minimum Gasteiger partial charge on any atom is -0.480 e. The Morgan fingerprint density at radius 1 is 1.09 bits per heavy atom. The van der Waals surface area contributed by atoms with Gasteiger partial charge in [-0.3, -0.25) is 9.59 Å². The molecule has 0 aliphatic heterocycles. The lowest BCUT2D eigenvalue weighted by Gasteiger charge is -2.35. The second kappa shape index (κ2) is 9.78. The van der Waals surface area contributed by atoms with Gasteiger partial charge in [0.1, 0.15) is 19.2 Å². The van der Waals surface area contributed by atoms with Crippen molar-refractivity contribution in [2.75, 3.05) is 19.7 Å². The normalized spacial score (nSPS) is 15.4. The minimum atomic E-state index is -1.16. The summed E-state index contributed by atoms with van der Waals surface area (Å²) in [5.41, 5.74) is 4.45. The van der Waals surface area contributed by atoms with Crippen molar-refractivity contribution >= 4 is 18.0 Å². The molecule has 0 heterocycles. The fourth-order valence-electron chi connectivity index (χ4n) is 4.60. The molecule has 0 saturated heterocycles. The second-order valence-electron chi connectivity index (χ2n) is 8.43. The Kier molecular flexibility index (Phi) is 6.64. The highest BCUT2D eigenvalue weighted by Gasteiger charge is 2.37. The van der Waals surface area contributed by atoms with Gasteiger partial charge in [0.05, 0.1) is 6.54 Å². The Balaban J connectivity index is 1.45. The van der Waals surface area contributed by atoms with E-state index in [0.29, 0.717) is 0 Å². The molecule has 170 valence electrons. The van der Waals surface area contributed by atoms with Crippen LogP contribution in [0.25, 0.3) is 11.1 Å². The summed E-state index contributed by atoms with van der Waals surface area (Å²) >= 11 is 0. The number of carboxylic acid groups (broad SMARTS) is 1. The van der Waals surface area contributed by atoms with E-state index in [1.54, 1.807) is 0 Å². The van der Waals surface area contributed by atoms with E-state index in [1.165, 1.54) is 0 Å². The molecular formula is C26H26N2O5. The van der Waals surface area contributed by atoms with E-state index in [0.717, 1.165) is 46.4 Å². The van der Waals surface area contributed by atoms with E-state index < -0.39 is 30.6 Å². The zero-order chi connectivity index (χ0) is 23.4. The van der Waals surface area contributed by atoms with Crippen LogP contribution in [-0.2, 0) is 14.3 Å². The van der Waals surface area contributed by atoms with Crippen LogP contribution in [0.15, 0.2) is 48.5 Å². The molecule has 2 aliphatic rings. The average molecular weight is 447 g/mol. The van der Waals surface area contributed by atoms with Crippen LogP contribution in [-0.4, -0.2) is 53.7 Å². The molecular weight excluding hydrogens is 420 g/mol. The Morgan fingerprint density at radius 2 is 1.70 bits per heavy atom. The number of carboxylic acids is 1. The number of rotatable bonds is 8. The number of hydrogen-bond donors (Lipinski definition) is 2. The van der Waals surface area contributed by atoms with Crippen LogP contribution in [0.2, 0.25) is 0 Å². The van der Waals surface area contributed by atoms with E-state index in [2.05, 4.69) is 23.4 Å². The summed E-state index contributed by atoms with van der Waals surface area (Å²) in [7, 11) is 0. The molecule has 2 N–H and O–H groups in total. The van der Waals surface area contributed by atoms with Gasteiger partial charge in [-0.1, -0.05) is 60.9 Å². The highest BCUT2D eigenvalue weighted by atomic mass is 16.5. The van der Waals surface area contributed by atoms with Crippen molar-refractivity contribution in [1.82, 2.24) is 10.2 Å². The van der Waals surface area contributed by atoms with Crippen LogP contribution in [0, 0.1) is 18.3 Å². The largest absolute Gasteiger partial charge is 0.480 e. The molecule has 33 heavy (non-hydrogen) atoms. The van der Waals surface area contributed by atoms with E-state index in [9.17, 15) is 14.4 Å². The summed E-state index contributed by atoms with van der Waals surface area (Å²) in [6.07, 6.45) is 7.12. The third-order valence-corrected chi connectivity index (χ3v) is 6.42. The van der Waals surface area contributed by atoms with Crippen molar-refractivity contribution in [3.05, 3.63) is 59.7 Å². The fourth-order valence-corrected chi connectivity index (χ4v) is 4.60. The summed E-state index contributed by atoms with van der Waals surface area (Å²) in [6, 6.07) is 15.2. The number of carbonyl (C=O) groups excluding carboxylic acids is 2.